The van der Waals surface area contributed by atoms with Gasteiger partial charge < -0.3 is 10.4 Å². The number of aliphatic hydroxyl groups is 1. The second kappa shape index (κ2) is 6.93. The van der Waals surface area contributed by atoms with Gasteiger partial charge >= 0.3 is 6.18 Å². The van der Waals surface area contributed by atoms with Crippen molar-refractivity contribution < 1.29 is 31.5 Å². The molecule has 0 saturated carbocycles. The van der Waals surface area contributed by atoms with E-state index in [2.05, 4.69) is 0 Å². The molecule has 1 aliphatic rings. The first-order valence-electron chi connectivity index (χ1n) is 7.67. The van der Waals surface area contributed by atoms with Crippen LogP contribution in [0.1, 0.15) is 26.2 Å². The zero-order valence-electron chi connectivity index (χ0n) is 13.5. The lowest BCUT2D eigenvalue weighted by Gasteiger charge is -2.26. The summed E-state index contributed by atoms with van der Waals surface area (Å²) < 4.78 is 64.1. The number of carbonyl (C=O) groups excluding carboxylic acids is 1. The predicted molar refractivity (Wildman–Crippen MR) is 84.4 cm³/mol. The summed E-state index contributed by atoms with van der Waals surface area (Å²) in [6, 6.07) is 4.78. The summed E-state index contributed by atoms with van der Waals surface area (Å²) >= 11 is 0. The van der Waals surface area contributed by atoms with E-state index in [-0.39, 0.29) is 10.6 Å². The van der Waals surface area contributed by atoms with Crippen LogP contribution in [0.3, 0.4) is 0 Å². The van der Waals surface area contributed by atoms with E-state index < -0.39 is 27.7 Å². The summed E-state index contributed by atoms with van der Waals surface area (Å²) in [7, 11) is -3.67. The number of sulfonamides is 1. The maximum Gasteiger partial charge on any atom is 0.426 e. The SMILES string of the molecule is CC(O)(C(=O)Nc1ccc(S(=O)(=O)N2CCCCC2)cc1)C(F)(F)F. The number of amides is 1. The van der Waals surface area contributed by atoms with Gasteiger partial charge in [-0.3, -0.25) is 4.79 Å². The first kappa shape index (κ1) is 19.7. The molecule has 10 heteroatoms. The number of carbonyl (C=O) groups is 1. The number of nitrogens with zero attached hydrogens (tertiary/aromatic N) is 1. The number of nitrogens with one attached hydrogen (secondary N) is 1. The molecule has 140 valence electrons. The summed E-state index contributed by atoms with van der Waals surface area (Å²) in [5.41, 5.74) is -3.60. The van der Waals surface area contributed by atoms with Crippen LogP contribution in [0.15, 0.2) is 29.2 Å². The van der Waals surface area contributed by atoms with Crippen molar-refractivity contribution in [2.45, 2.75) is 42.9 Å². The third kappa shape index (κ3) is 4.13. The lowest BCUT2D eigenvalue weighted by molar-refractivity contribution is -0.242. The van der Waals surface area contributed by atoms with E-state index in [9.17, 15) is 31.5 Å². The van der Waals surface area contributed by atoms with E-state index >= 15 is 0 Å². The fraction of sp³-hybridized carbons (Fsp3) is 0.533. The lowest BCUT2D eigenvalue weighted by atomic mass is 10.1. The molecule has 1 aliphatic heterocycles. The Kier molecular flexibility index (Phi) is 5.45. The molecule has 0 spiro atoms. The molecule has 25 heavy (non-hydrogen) atoms. The molecular weight excluding hydrogens is 361 g/mol. The van der Waals surface area contributed by atoms with Gasteiger partial charge in [-0.1, -0.05) is 6.42 Å². The number of hydrogen-bond donors (Lipinski definition) is 2. The Morgan fingerprint density at radius 3 is 2.12 bits per heavy atom. The average molecular weight is 380 g/mol. The average Bonchev–Trinajstić information content (AvgIpc) is 2.55. The van der Waals surface area contributed by atoms with Gasteiger partial charge in [0.05, 0.1) is 4.90 Å². The molecule has 1 aromatic rings. The summed E-state index contributed by atoms with van der Waals surface area (Å²) in [4.78, 5) is 11.6. The van der Waals surface area contributed by atoms with Gasteiger partial charge in [-0.15, -0.1) is 0 Å². The number of alkyl halides is 3. The van der Waals surface area contributed by atoms with Crippen LogP contribution in [0.2, 0.25) is 0 Å². The van der Waals surface area contributed by atoms with Crippen LogP contribution >= 0.6 is 0 Å². The van der Waals surface area contributed by atoms with Gasteiger partial charge in [-0.05, 0) is 44.0 Å². The first-order valence-corrected chi connectivity index (χ1v) is 9.11. The fourth-order valence-corrected chi connectivity index (χ4v) is 3.86. The monoisotopic (exact) mass is 380 g/mol. The van der Waals surface area contributed by atoms with Crippen molar-refractivity contribution in [3.05, 3.63) is 24.3 Å². The van der Waals surface area contributed by atoms with Crippen LogP contribution in [-0.2, 0) is 14.8 Å². The van der Waals surface area contributed by atoms with Gasteiger partial charge in [-0.25, -0.2) is 8.42 Å². The number of halogens is 3. The highest BCUT2D eigenvalue weighted by Crippen LogP contribution is 2.31. The minimum absolute atomic E-state index is 0.00465. The van der Waals surface area contributed by atoms with Crippen molar-refractivity contribution in [3.8, 4) is 0 Å². The minimum atomic E-state index is -5.13. The molecule has 2 rings (SSSR count). The van der Waals surface area contributed by atoms with E-state index in [0.29, 0.717) is 20.0 Å². The van der Waals surface area contributed by atoms with E-state index in [0.717, 1.165) is 19.3 Å². The number of rotatable bonds is 4. The Labute approximate surface area is 143 Å². The highest BCUT2D eigenvalue weighted by Gasteiger charge is 2.55. The van der Waals surface area contributed by atoms with E-state index in [1.165, 1.54) is 28.6 Å². The molecule has 1 heterocycles. The number of benzene rings is 1. The number of piperidine rings is 1. The summed E-state index contributed by atoms with van der Waals surface area (Å²) in [6.45, 7) is 1.20. The van der Waals surface area contributed by atoms with Crippen LogP contribution in [-0.4, -0.2) is 48.6 Å². The summed E-state index contributed by atoms with van der Waals surface area (Å²) in [6.07, 6.45) is -2.61. The van der Waals surface area contributed by atoms with Crippen LogP contribution < -0.4 is 5.32 Å². The second-order valence-corrected chi connectivity index (χ2v) is 7.95. The molecule has 1 aromatic carbocycles. The van der Waals surface area contributed by atoms with Gasteiger partial charge in [0.1, 0.15) is 0 Å². The maximum absolute atomic E-state index is 12.6. The zero-order chi connectivity index (χ0) is 18.9. The van der Waals surface area contributed by atoms with Crippen molar-refractivity contribution >= 4 is 21.6 Å². The van der Waals surface area contributed by atoms with Crippen molar-refractivity contribution in [1.82, 2.24) is 4.31 Å². The Balaban J connectivity index is 2.13. The zero-order valence-corrected chi connectivity index (χ0v) is 14.3. The third-order valence-electron chi connectivity index (χ3n) is 4.06. The molecule has 1 fully saturated rings. The van der Waals surface area contributed by atoms with Crippen LogP contribution in [0.25, 0.3) is 0 Å². The molecule has 1 unspecified atom stereocenters. The molecule has 0 radical (unpaired) electrons. The van der Waals surface area contributed by atoms with Gasteiger partial charge in [0.15, 0.2) is 0 Å². The second-order valence-electron chi connectivity index (χ2n) is 6.01. The maximum atomic E-state index is 12.6. The van der Waals surface area contributed by atoms with Crippen molar-refractivity contribution in [2.75, 3.05) is 18.4 Å². The Bertz CT molecular complexity index is 724. The molecule has 0 aliphatic carbocycles. The first-order chi connectivity index (χ1) is 11.5. The lowest BCUT2D eigenvalue weighted by Crippen LogP contribution is -2.52. The van der Waals surface area contributed by atoms with E-state index in [4.69, 9.17) is 0 Å². The largest absolute Gasteiger partial charge is 0.426 e. The van der Waals surface area contributed by atoms with E-state index in [1.807, 2.05) is 5.32 Å². The molecule has 2 N–H and O–H groups in total. The van der Waals surface area contributed by atoms with Crippen molar-refractivity contribution in [1.29, 1.82) is 0 Å². The van der Waals surface area contributed by atoms with Gasteiger partial charge in [0.25, 0.3) is 5.91 Å². The smallest absolute Gasteiger partial charge is 0.373 e. The summed E-state index contributed by atoms with van der Waals surface area (Å²) in [5.74, 6) is -1.65. The predicted octanol–water partition coefficient (Wildman–Crippen LogP) is 2.11. The van der Waals surface area contributed by atoms with Gasteiger partial charge in [-0.2, -0.15) is 17.5 Å². The van der Waals surface area contributed by atoms with Crippen molar-refractivity contribution in [3.63, 3.8) is 0 Å². The fourth-order valence-electron chi connectivity index (χ4n) is 2.35. The molecule has 0 aromatic heterocycles. The standard InChI is InChI=1S/C15H19F3N2O4S/c1-14(22,15(16,17)18)13(21)19-11-5-7-12(8-6-11)25(23,24)20-9-3-2-4-10-20/h5-8,22H,2-4,9-10H2,1H3,(H,19,21). The molecular formula is C15H19F3N2O4S. The van der Waals surface area contributed by atoms with Crippen LogP contribution in [0.4, 0.5) is 18.9 Å². The highest BCUT2D eigenvalue weighted by molar-refractivity contribution is 7.89. The van der Waals surface area contributed by atoms with Crippen molar-refractivity contribution in [2.24, 2.45) is 0 Å². The molecule has 0 bridgehead atoms. The molecule has 6 nitrogen and oxygen atoms in total. The van der Waals surface area contributed by atoms with Gasteiger partial charge in [0.2, 0.25) is 15.6 Å². The van der Waals surface area contributed by atoms with Crippen LogP contribution in [0, 0.1) is 0 Å². The minimum Gasteiger partial charge on any atom is -0.373 e. The molecule has 1 amide bonds. The molecule has 1 atom stereocenters. The Morgan fingerprint density at radius 2 is 1.64 bits per heavy atom. The third-order valence-corrected chi connectivity index (χ3v) is 5.97. The Hall–Kier alpha value is -1.65. The highest BCUT2D eigenvalue weighted by atomic mass is 32.2. The number of anilines is 1. The van der Waals surface area contributed by atoms with E-state index in [1.54, 1.807) is 0 Å². The molecule has 1 saturated heterocycles. The number of hydrogen-bond acceptors (Lipinski definition) is 4. The normalized spacial score (nSPS) is 19.2. The quantitative estimate of drug-likeness (QED) is 0.838. The summed E-state index contributed by atoms with van der Waals surface area (Å²) in [5, 5.41) is 11.2. The topological polar surface area (TPSA) is 86.7 Å². The van der Waals surface area contributed by atoms with Gasteiger partial charge in [0, 0.05) is 18.8 Å². The Morgan fingerprint density at radius 1 is 1.12 bits per heavy atom. The van der Waals surface area contributed by atoms with Crippen LogP contribution in [0.5, 0.6) is 0 Å².